The summed E-state index contributed by atoms with van der Waals surface area (Å²) in [7, 11) is 2.06. The van der Waals surface area contributed by atoms with Gasteiger partial charge in [0.05, 0.1) is 11.4 Å². The van der Waals surface area contributed by atoms with Crippen molar-refractivity contribution < 1.29 is 0 Å². The number of imidazole rings is 1. The number of nitrogens with one attached hydrogen (secondary N) is 1. The minimum atomic E-state index is 0.802. The molecule has 0 bridgehead atoms. The van der Waals surface area contributed by atoms with E-state index in [0.717, 1.165) is 35.0 Å². The van der Waals surface area contributed by atoms with Crippen LogP contribution in [0.3, 0.4) is 0 Å². The fraction of sp³-hybridized carbons (Fsp3) is 0.0870. The second kappa shape index (κ2) is 7.28. The zero-order valence-electron chi connectivity index (χ0n) is 14.8. The Morgan fingerprint density at radius 2 is 1.27 bits per heavy atom. The fourth-order valence-electron chi connectivity index (χ4n) is 3.09. The van der Waals surface area contributed by atoms with E-state index >= 15 is 0 Å². The van der Waals surface area contributed by atoms with Gasteiger partial charge in [0.15, 0.2) is 0 Å². The Morgan fingerprint density at radius 3 is 1.88 bits per heavy atom. The molecule has 1 N–H and O–H groups in total. The lowest BCUT2D eigenvalue weighted by Crippen LogP contribution is -2.17. The van der Waals surface area contributed by atoms with Crippen LogP contribution >= 0.6 is 0 Å². The summed E-state index contributed by atoms with van der Waals surface area (Å²) in [5, 5.41) is 0. The number of hydrogen-bond acceptors (Lipinski definition) is 2. The lowest BCUT2D eigenvalue weighted by Gasteiger charge is -2.15. The van der Waals surface area contributed by atoms with Crippen molar-refractivity contribution in [2.75, 3.05) is 11.9 Å². The molecule has 1 heterocycles. The maximum atomic E-state index is 4.92. The lowest BCUT2D eigenvalue weighted by molar-refractivity contribution is 0.882. The van der Waals surface area contributed by atoms with E-state index in [4.69, 9.17) is 4.98 Å². The summed E-state index contributed by atoms with van der Waals surface area (Å²) in [5.74, 6) is 0.867. The first-order chi connectivity index (χ1) is 12.8. The van der Waals surface area contributed by atoms with Crippen molar-refractivity contribution in [3.63, 3.8) is 0 Å². The first-order valence-electron chi connectivity index (χ1n) is 8.77. The molecule has 4 rings (SSSR count). The van der Waals surface area contributed by atoms with E-state index in [9.17, 15) is 0 Å². The molecule has 0 unspecified atom stereocenters. The van der Waals surface area contributed by atoms with Gasteiger partial charge in [-0.15, -0.1) is 0 Å². The Hall–Kier alpha value is -3.33. The van der Waals surface area contributed by atoms with Crippen LogP contribution in [0.2, 0.25) is 0 Å². The molecule has 0 aliphatic carbocycles. The average molecular weight is 339 g/mol. The molecule has 3 aromatic carbocycles. The molecule has 0 saturated heterocycles. The van der Waals surface area contributed by atoms with Crippen molar-refractivity contribution in [3.05, 3.63) is 96.6 Å². The highest BCUT2D eigenvalue weighted by atomic mass is 15.2. The highest BCUT2D eigenvalue weighted by Crippen LogP contribution is 2.32. The smallest absolute Gasteiger partial charge is 0.203 e. The van der Waals surface area contributed by atoms with Crippen LogP contribution in [-0.4, -0.2) is 17.0 Å². The minimum Gasteiger partial charge on any atom is -0.341 e. The predicted molar refractivity (Wildman–Crippen MR) is 108 cm³/mol. The summed E-state index contributed by atoms with van der Waals surface area (Å²) in [4.78, 5) is 10.6. The number of rotatable bonds is 5. The molecule has 3 heteroatoms. The first-order valence-corrected chi connectivity index (χ1v) is 8.77. The summed E-state index contributed by atoms with van der Waals surface area (Å²) < 4.78 is 0. The molecule has 128 valence electrons. The van der Waals surface area contributed by atoms with Gasteiger partial charge in [0, 0.05) is 24.7 Å². The molecular formula is C23H21N3. The molecule has 0 spiro atoms. The van der Waals surface area contributed by atoms with Crippen LogP contribution < -0.4 is 4.90 Å². The maximum absolute atomic E-state index is 4.92. The number of aromatic nitrogens is 2. The predicted octanol–water partition coefficient (Wildman–Crippen LogP) is 5.38. The zero-order chi connectivity index (χ0) is 17.8. The topological polar surface area (TPSA) is 31.9 Å². The largest absolute Gasteiger partial charge is 0.341 e. The number of anilines is 1. The van der Waals surface area contributed by atoms with Gasteiger partial charge in [-0.3, -0.25) is 0 Å². The average Bonchev–Trinajstić information content (AvgIpc) is 3.16. The van der Waals surface area contributed by atoms with E-state index in [1.165, 1.54) is 5.56 Å². The monoisotopic (exact) mass is 339 g/mol. The van der Waals surface area contributed by atoms with Crippen molar-refractivity contribution in [1.29, 1.82) is 0 Å². The molecule has 0 amide bonds. The quantitative estimate of drug-likeness (QED) is 0.529. The van der Waals surface area contributed by atoms with Gasteiger partial charge in [0.2, 0.25) is 5.95 Å². The molecule has 0 aliphatic rings. The molecule has 0 atom stereocenters. The Morgan fingerprint density at radius 1 is 0.731 bits per heavy atom. The van der Waals surface area contributed by atoms with Gasteiger partial charge in [-0.25, -0.2) is 4.98 Å². The summed E-state index contributed by atoms with van der Waals surface area (Å²) in [5.41, 5.74) is 5.53. The van der Waals surface area contributed by atoms with Crippen LogP contribution in [0.15, 0.2) is 91.0 Å². The molecule has 0 aliphatic heterocycles. The summed E-state index contributed by atoms with van der Waals surface area (Å²) in [6.07, 6.45) is 0. The van der Waals surface area contributed by atoms with Gasteiger partial charge in [0.25, 0.3) is 0 Å². The van der Waals surface area contributed by atoms with Crippen molar-refractivity contribution in [2.24, 2.45) is 0 Å². The number of benzene rings is 3. The highest BCUT2D eigenvalue weighted by molar-refractivity contribution is 5.80. The number of hydrogen-bond donors (Lipinski definition) is 1. The van der Waals surface area contributed by atoms with Crippen LogP contribution in [-0.2, 0) is 6.54 Å². The van der Waals surface area contributed by atoms with E-state index < -0.39 is 0 Å². The van der Waals surface area contributed by atoms with Crippen LogP contribution in [0.4, 0.5) is 5.95 Å². The normalized spacial score (nSPS) is 10.7. The SMILES string of the molecule is CN(Cc1ccccc1)c1nc(-c2ccccc2)c(-c2ccccc2)[nH]1. The molecule has 1 aromatic heterocycles. The molecule has 4 aromatic rings. The van der Waals surface area contributed by atoms with Crippen molar-refractivity contribution in [2.45, 2.75) is 6.54 Å². The summed E-state index contributed by atoms with van der Waals surface area (Å²) in [6.45, 7) is 0.802. The standard InChI is InChI=1S/C23H21N3/c1-26(17-18-11-5-2-6-12-18)23-24-21(19-13-7-3-8-14-19)22(25-23)20-15-9-4-10-16-20/h2-16H,17H2,1H3,(H,24,25). The van der Waals surface area contributed by atoms with Crippen LogP contribution in [0.25, 0.3) is 22.5 Å². The fourth-order valence-corrected chi connectivity index (χ4v) is 3.09. The third-order valence-corrected chi connectivity index (χ3v) is 4.43. The van der Waals surface area contributed by atoms with Crippen molar-refractivity contribution in [1.82, 2.24) is 9.97 Å². The molecule has 0 radical (unpaired) electrons. The van der Waals surface area contributed by atoms with Crippen LogP contribution in [0, 0.1) is 0 Å². The summed E-state index contributed by atoms with van der Waals surface area (Å²) in [6, 6.07) is 31.1. The zero-order valence-corrected chi connectivity index (χ0v) is 14.8. The lowest BCUT2D eigenvalue weighted by atomic mass is 10.1. The van der Waals surface area contributed by atoms with Gasteiger partial charge in [-0.2, -0.15) is 0 Å². The van der Waals surface area contributed by atoms with Crippen molar-refractivity contribution in [3.8, 4) is 22.5 Å². The highest BCUT2D eigenvalue weighted by Gasteiger charge is 2.16. The second-order valence-electron chi connectivity index (χ2n) is 6.36. The third kappa shape index (κ3) is 3.38. The Labute approximate surface area is 154 Å². The third-order valence-electron chi connectivity index (χ3n) is 4.43. The van der Waals surface area contributed by atoms with Gasteiger partial charge in [-0.1, -0.05) is 91.0 Å². The molecule has 0 saturated carbocycles. The van der Waals surface area contributed by atoms with E-state index in [1.54, 1.807) is 0 Å². The minimum absolute atomic E-state index is 0.802. The molecule has 3 nitrogen and oxygen atoms in total. The molecular weight excluding hydrogens is 318 g/mol. The Balaban J connectivity index is 1.74. The van der Waals surface area contributed by atoms with Gasteiger partial charge < -0.3 is 9.88 Å². The first kappa shape index (κ1) is 16.2. The number of aromatic amines is 1. The Kier molecular flexibility index (Phi) is 4.52. The van der Waals surface area contributed by atoms with E-state index in [2.05, 4.69) is 77.6 Å². The van der Waals surface area contributed by atoms with Crippen LogP contribution in [0.5, 0.6) is 0 Å². The second-order valence-corrected chi connectivity index (χ2v) is 6.36. The number of nitrogens with zero attached hydrogens (tertiary/aromatic N) is 2. The summed E-state index contributed by atoms with van der Waals surface area (Å²) >= 11 is 0. The van der Waals surface area contributed by atoms with E-state index in [0.29, 0.717) is 0 Å². The number of H-pyrrole nitrogens is 1. The maximum Gasteiger partial charge on any atom is 0.203 e. The molecule has 26 heavy (non-hydrogen) atoms. The van der Waals surface area contributed by atoms with E-state index in [1.807, 2.05) is 30.3 Å². The molecule has 0 fully saturated rings. The van der Waals surface area contributed by atoms with Crippen molar-refractivity contribution >= 4 is 5.95 Å². The van der Waals surface area contributed by atoms with Crippen LogP contribution in [0.1, 0.15) is 5.56 Å². The van der Waals surface area contributed by atoms with Gasteiger partial charge >= 0.3 is 0 Å². The Bertz CT molecular complexity index is 903. The van der Waals surface area contributed by atoms with E-state index in [-0.39, 0.29) is 0 Å². The van der Waals surface area contributed by atoms with Gasteiger partial charge in [0.1, 0.15) is 0 Å². The van der Waals surface area contributed by atoms with Gasteiger partial charge in [-0.05, 0) is 5.56 Å².